The first-order chi connectivity index (χ1) is 21.1. The summed E-state index contributed by atoms with van der Waals surface area (Å²) in [5, 5.41) is 0. The Labute approximate surface area is 265 Å². The second-order valence-electron chi connectivity index (χ2n) is 13.8. The van der Waals surface area contributed by atoms with Gasteiger partial charge in [-0.2, -0.15) is 0 Å². The van der Waals surface area contributed by atoms with Crippen LogP contribution in [0.2, 0.25) is 0 Å². The molecular formula is C37H44O6Sn. The third-order valence-corrected chi connectivity index (χ3v) is 22.5. The Morgan fingerprint density at radius 2 is 1.20 bits per heavy atom. The molecule has 0 saturated carbocycles. The van der Waals surface area contributed by atoms with E-state index in [1.807, 2.05) is 27.7 Å². The summed E-state index contributed by atoms with van der Waals surface area (Å²) in [5.74, 6) is -1.02. The van der Waals surface area contributed by atoms with Crippen LogP contribution >= 0.6 is 0 Å². The number of fused-ring (bicyclic) bond motifs is 2. The normalized spacial score (nSPS) is 33.4. The van der Waals surface area contributed by atoms with Gasteiger partial charge in [-0.25, -0.2) is 0 Å². The van der Waals surface area contributed by atoms with E-state index in [4.69, 9.17) is 28.4 Å². The average molecular weight is 703 g/mol. The Morgan fingerprint density at radius 1 is 0.659 bits per heavy atom. The molecule has 4 saturated heterocycles. The van der Waals surface area contributed by atoms with Crippen LogP contribution in [-0.4, -0.2) is 73.4 Å². The molecule has 4 aliphatic heterocycles. The van der Waals surface area contributed by atoms with Gasteiger partial charge in [0.05, 0.1) is 0 Å². The van der Waals surface area contributed by atoms with Crippen molar-refractivity contribution < 1.29 is 28.4 Å². The predicted molar refractivity (Wildman–Crippen MR) is 173 cm³/mol. The summed E-state index contributed by atoms with van der Waals surface area (Å²) in [6.45, 7) is 13.4. The van der Waals surface area contributed by atoms with Gasteiger partial charge in [0.15, 0.2) is 0 Å². The van der Waals surface area contributed by atoms with Crippen molar-refractivity contribution in [1.82, 2.24) is 0 Å². The van der Waals surface area contributed by atoms with Crippen molar-refractivity contribution in [2.75, 3.05) is 13.2 Å². The topological polar surface area (TPSA) is 55.4 Å². The van der Waals surface area contributed by atoms with E-state index in [1.165, 1.54) is 16.3 Å². The van der Waals surface area contributed by atoms with Gasteiger partial charge in [-0.05, 0) is 0 Å². The Balaban J connectivity index is 1.52. The maximum atomic E-state index is 7.14. The van der Waals surface area contributed by atoms with Crippen molar-refractivity contribution in [2.45, 2.75) is 83.3 Å². The fourth-order valence-electron chi connectivity index (χ4n) is 7.80. The Hall–Kier alpha value is -2.04. The van der Waals surface area contributed by atoms with Crippen LogP contribution < -0.4 is 10.7 Å². The monoisotopic (exact) mass is 704 g/mol. The summed E-state index contributed by atoms with van der Waals surface area (Å²) in [6, 6.07) is 33.3. The summed E-state index contributed by atoms with van der Waals surface area (Å²) in [6.07, 6.45) is -1.82. The van der Waals surface area contributed by atoms with Gasteiger partial charge >= 0.3 is 267 Å². The Morgan fingerprint density at radius 3 is 1.68 bits per heavy atom. The number of hydrogen-bond acceptors (Lipinski definition) is 6. The number of hydrogen-bond donors (Lipinski definition) is 0. The van der Waals surface area contributed by atoms with E-state index in [-0.39, 0.29) is 12.0 Å². The molecule has 7 rings (SSSR count). The van der Waals surface area contributed by atoms with Crippen LogP contribution in [0.5, 0.6) is 0 Å². The van der Waals surface area contributed by atoms with Gasteiger partial charge in [-0.3, -0.25) is 0 Å². The molecule has 4 aliphatic rings. The van der Waals surface area contributed by atoms with Gasteiger partial charge in [-0.1, -0.05) is 0 Å². The summed E-state index contributed by atoms with van der Waals surface area (Å²) in [5.41, 5.74) is 0.356. The average Bonchev–Trinajstić information content (AvgIpc) is 3.73. The molecule has 0 amide bonds. The summed E-state index contributed by atoms with van der Waals surface area (Å²) in [7, 11) is 0. The molecule has 232 valence electrons. The maximum absolute atomic E-state index is 7.14. The first-order valence-electron chi connectivity index (χ1n) is 15.9. The fourth-order valence-corrected chi connectivity index (χ4v) is 20.8. The van der Waals surface area contributed by atoms with E-state index < -0.39 is 54.1 Å². The molecule has 3 aromatic rings. The molecule has 0 aromatic heterocycles. The van der Waals surface area contributed by atoms with Crippen molar-refractivity contribution in [1.29, 1.82) is 0 Å². The summed E-state index contributed by atoms with van der Waals surface area (Å²) >= 11 is -3.93. The van der Waals surface area contributed by atoms with Gasteiger partial charge in [-0.15, -0.1) is 0 Å². The second-order valence-corrected chi connectivity index (χ2v) is 24.2. The van der Waals surface area contributed by atoms with Crippen molar-refractivity contribution in [3.8, 4) is 0 Å². The van der Waals surface area contributed by atoms with Crippen molar-refractivity contribution in [3.05, 3.63) is 101 Å². The number of rotatable bonds is 6. The second kappa shape index (κ2) is 11.3. The van der Waals surface area contributed by atoms with Crippen LogP contribution in [0.1, 0.15) is 41.5 Å². The van der Waals surface area contributed by atoms with Crippen molar-refractivity contribution >= 4 is 29.1 Å². The van der Waals surface area contributed by atoms with E-state index in [9.17, 15) is 0 Å². The van der Waals surface area contributed by atoms with Crippen LogP contribution in [0.25, 0.3) is 0 Å². The molecule has 3 aromatic carbocycles. The van der Waals surface area contributed by atoms with E-state index >= 15 is 0 Å². The minimum absolute atomic E-state index is 0.162. The van der Waals surface area contributed by atoms with Gasteiger partial charge in [0.1, 0.15) is 0 Å². The standard InChI is InChI=1S/C19H29O6.3C6H5.Sn/c1-10(2)12-8-21-19(11(12)3)14(13-9-20-17(4,5)23-13)22-16-15(19)24-18(6,7)25-16;3*1-2-4-6-5-3-1;/h3,10,12-16H,8-9H2,1-2,4-7H3;3*1-5H;/t12?,13-,14-,15+,16-,19-;;;;/m1..../s1. The van der Waals surface area contributed by atoms with Crippen LogP contribution in [0.3, 0.4) is 0 Å². The molecular weight excluding hydrogens is 659 g/mol. The molecule has 7 heteroatoms. The first kappa shape index (κ1) is 30.6. The zero-order valence-corrected chi connectivity index (χ0v) is 29.4. The molecule has 0 N–H and O–H groups in total. The molecule has 4 heterocycles. The molecule has 6 nitrogen and oxygen atoms in total. The van der Waals surface area contributed by atoms with Crippen LogP contribution in [0.15, 0.2) is 101 Å². The van der Waals surface area contributed by atoms with E-state index in [0.29, 0.717) is 19.1 Å². The molecule has 4 fully saturated rings. The molecule has 1 spiro atoms. The third-order valence-electron chi connectivity index (χ3n) is 9.77. The van der Waals surface area contributed by atoms with Gasteiger partial charge in [0, 0.05) is 0 Å². The molecule has 1 unspecified atom stereocenters. The molecule has 0 bridgehead atoms. The zero-order valence-electron chi connectivity index (χ0n) is 26.6. The SMILES string of the molecule is CC(C)C1CO[C@]2(/C1=[CH]/[Sn]([c]1ccccc1)([c]1ccccc1)[c]1ccccc1)[C@@H]([C@H]1COC(C)(C)O1)O[C@@H]1OC(C)(C)O[C@@H]12. The van der Waals surface area contributed by atoms with E-state index in [2.05, 4.69) is 109 Å². The molecule has 0 radical (unpaired) electrons. The van der Waals surface area contributed by atoms with Crippen molar-refractivity contribution in [2.24, 2.45) is 11.8 Å². The Bertz CT molecular complexity index is 1390. The van der Waals surface area contributed by atoms with Gasteiger partial charge < -0.3 is 0 Å². The van der Waals surface area contributed by atoms with Gasteiger partial charge in [0.2, 0.25) is 0 Å². The van der Waals surface area contributed by atoms with E-state index in [1.54, 1.807) is 0 Å². The summed E-state index contributed by atoms with van der Waals surface area (Å²) < 4.78 is 46.6. The fraction of sp³-hybridized carbons (Fsp3) is 0.459. The zero-order chi connectivity index (χ0) is 30.7. The van der Waals surface area contributed by atoms with Gasteiger partial charge in [0.25, 0.3) is 0 Å². The number of ether oxygens (including phenoxy) is 6. The summed E-state index contributed by atoms with van der Waals surface area (Å²) in [4.78, 5) is 0. The Kier molecular flexibility index (Phi) is 7.88. The van der Waals surface area contributed by atoms with Crippen LogP contribution in [0.4, 0.5) is 0 Å². The molecule has 6 atom stereocenters. The molecule has 0 aliphatic carbocycles. The molecule has 44 heavy (non-hydrogen) atoms. The van der Waals surface area contributed by atoms with Crippen molar-refractivity contribution in [3.63, 3.8) is 0 Å². The third kappa shape index (κ3) is 5.02. The van der Waals surface area contributed by atoms with Crippen LogP contribution in [0, 0.1) is 11.8 Å². The van der Waals surface area contributed by atoms with Crippen LogP contribution in [-0.2, 0) is 28.4 Å². The quantitative estimate of drug-likeness (QED) is 0.348. The number of benzene rings is 3. The minimum atomic E-state index is -3.93. The first-order valence-corrected chi connectivity index (χ1v) is 21.9. The van der Waals surface area contributed by atoms with E-state index in [0.717, 1.165) is 0 Å². The predicted octanol–water partition coefficient (Wildman–Crippen LogP) is 4.69.